The summed E-state index contributed by atoms with van der Waals surface area (Å²) in [6.45, 7) is 0. The highest BCUT2D eigenvalue weighted by Gasteiger charge is 2.43. The Morgan fingerprint density at radius 3 is 2.79 bits per heavy atom. The van der Waals surface area contributed by atoms with Gasteiger partial charge in [-0.15, -0.1) is 0 Å². The van der Waals surface area contributed by atoms with Gasteiger partial charge in [0, 0.05) is 5.39 Å². The Labute approximate surface area is 90.2 Å². The molecule has 1 saturated carbocycles. The lowest BCUT2D eigenvalue weighted by Gasteiger charge is -2.01. The first-order chi connectivity index (χ1) is 6.69. The van der Waals surface area contributed by atoms with Gasteiger partial charge in [-0.25, -0.2) is 0 Å². The first-order valence-electron chi connectivity index (χ1n) is 4.66. The Morgan fingerprint density at radius 2 is 2.14 bits per heavy atom. The third-order valence-electron chi connectivity index (χ3n) is 2.78. The zero-order valence-corrected chi connectivity index (χ0v) is 9.17. The Balaban J connectivity index is 2.25. The number of hydrogen-bond acceptors (Lipinski definition) is 2. The van der Waals surface area contributed by atoms with Crippen LogP contribution in [0.3, 0.4) is 0 Å². The lowest BCUT2D eigenvalue weighted by molar-refractivity contribution is 0.485. The van der Waals surface area contributed by atoms with E-state index in [0.29, 0.717) is 0 Å². The molecule has 1 aromatic carbocycles. The Kier molecular flexibility index (Phi) is 1.59. The largest absolute Gasteiger partial charge is 0.458 e. The SMILES string of the molecule is NC1(c2cc3cccc(Br)c3o2)CC1. The van der Waals surface area contributed by atoms with Crippen molar-refractivity contribution in [3.05, 3.63) is 34.5 Å². The molecule has 0 bridgehead atoms. The van der Waals surface area contributed by atoms with Gasteiger partial charge in [-0.2, -0.15) is 0 Å². The van der Waals surface area contributed by atoms with Gasteiger partial charge >= 0.3 is 0 Å². The van der Waals surface area contributed by atoms with Gasteiger partial charge in [-0.05, 0) is 40.9 Å². The van der Waals surface area contributed by atoms with E-state index < -0.39 is 0 Å². The topological polar surface area (TPSA) is 39.2 Å². The molecule has 0 spiro atoms. The molecule has 0 amide bonds. The van der Waals surface area contributed by atoms with E-state index in [1.165, 1.54) is 0 Å². The number of fused-ring (bicyclic) bond motifs is 1. The van der Waals surface area contributed by atoms with Crippen molar-refractivity contribution in [2.75, 3.05) is 0 Å². The van der Waals surface area contributed by atoms with Crippen molar-refractivity contribution >= 4 is 26.9 Å². The van der Waals surface area contributed by atoms with Crippen LogP contribution in [-0.4, -0.2) is 0 Å². The summed E-state index contributed by atoms with van der Waals surface area (Å²) in [6, 6.07) is 8.07. The molecule has 0 radical (unpaired) electrons. The smallest absolute Gasteiger partial charge is 0.148 e. The van der Waals surface area contributed by atoms with Crippen LogP contribution in [0.5, 0.6) is 0 Å². The highest BCUT2D eigenvalue weighted by molar-refractivity contribution is 9.10. The molecular weight excluding hydrogens is 242 g/mol. The van der Waals surface area contributed by atoms with Crippen LogP contribution in [0.2, 0.25) is 0 Å². The van der Waals surface area contributed by atoms with Crippen molar-refractivity contribution in [2.45, 2.75) is 18.4 Å². The Morgan fingerprint density at radius 1 is 1.36 bits per heavy atom. The van der Waals surface area contributed by atoms with Crippen LogP contribution in [0.15, 0.2) is 33.2 Å². The molecule has 0 atom stereocenters. The molecule has 1 fully saturated rings. The molecule has 0 unspecified atom stereocenters. The van der Waals surface area contributed by atoms with Gasteiger partial charge < -0.3 is 10.2 Å². The zero-order valence-electron chi connectivity index (χ0n) is 7.59. The first kappa shape index (κ1) is 8.50. The second-order valence-electron chi connectivity index (χ2n) is 3.92. The summed E-state index contributed by atoms with van der Waals surface area (Å²) >= 11 is 3.46. The van der Waals surface area contributed by atoms with Gasteiger partial charge in [0.2, 0.25) is 0 Å². The fraction of sp³-hybridized carbons (Fsp3) is 0.273. The van der Waals surface area contributed by atoms with Crippen molar-refractivity contribution in [1.29, 1.82) is 0 Å². The van der Waals surface area contributed by atoms with E-state index in [9.17, 15) is 0 Å². The van der Waals surface area contributed by atoms with Crippen molar-refractivity contribution in [2.24, 2.45) is 5.73 Å². The van der Waals surface area contributed by atoms with E-state index in [4.69, 9.17) is 10.2 Å². The minimum Gasteiger partial charge on any atom is -0.458 e. The van der Waals surface area contributed by atoms with Gasteiger partial charge in [0.05, 0.1) is 10.0 Å². The number of rotatable bonds is 1. The van der Waals surface area contributed by atoms with Crippen LogP contribution >= 0.6 is 15.9 Å². The maximum atomic E-state index is 6.07. The summed E-state index contributed by atoms with van der Waals surface area (Å²) in [5, 5.41) is 1.12. The van der Waals surface area contributed by atoms with E-state index in [1.54, 1.807) is 0 Å². The third-order valence-corrected chi connectivity index (χ3v) is 3.40. The Hall–Kier alpha value is -0.800. The molecule has 1 aliphatic carbocycles. The predicted molar refractivity (Wildman–Crippen MR) is 59.0 cm³/mol. The van der Waals surface area contributed by atoms with Crippen molar-refractivity contribution in [3.63, 3.8) is 0 Å². The van der Waals surface area contributed by atoms with Crippen molar-refractivity contribution in [1.82, 2.24) is 0 Å². The number of halogens is 1. The minimum absolute atomic E-state index is 0.182. The molecule has 1 aliphatic rings. The monoisotopic (exact) mass is 251 g/mol. The number of benzene rings is 1. The summed E-state index contributed by atoms with van der Waals surface area (Å²) in [5.41, 5.74) is 6.79. The molecule has 0 aliphatic heterocycles. The summed E-state index contributed by atoms with van der Waals surface area (Å²) in [7, 11) is 0. The molecule has 72 valence electrons. The molecule has 14 heavy (non-hydrogen) atoms. The lowest BCUT2D eigenvalue weighted by Crippen LogP contribution is -2.17. The highest BCUT2D eigenvalue weighted by atomic mass is 79.9. The summed E-state index contributed by atoms with van der Waals surface area (Å²) in [4.78, 5) is 0. The summed E-state index contributed by atoms with van der Waals surface area (Å²) in [5.74, 6) is 0.916. The third kappa shape index (κ3) is 1.12. The number of furan rings is 1. The molecule has 3 rings (SSSR count). The van der Waals surface area contributed by atoms with E-state index in [2.05, 4.69) is 15.9 Å². The number of para-hydroxylation sites is 1. The average Bonchev–Trinajstić information content (AvgIpc) is 2.77. The van der Waals surface area contributed by atoms with Crippen LogP contribution in [0.1, 0.15) is 18.6 Å². The van der Waals surface area contributed by atoms with Gasteiger partial charge in [0.1, 0.15) is 11.3 Å². The van der Waals surface area contributed by atoms with Gasteiger partial charge in [-0.3, -0.25) is 0 Å². The molecule has 2 N–H and O–H groups in total. The average molecular weight is 252 g/mol. The molecule has 3 heteroatoms. The maximum Gasteiger partial charge on any atom is 0.148 e. The van der Waals surface area contributed by atoms with E-state index in [1.807, 2.05) is 24.3 Å². The molecular formula is C11H10BrNO. The summed E-state index contributed by atoms with van der Waals surface area (Å²) in [6.07, 6.45) is 2.06. The van der Waals surface area contributed by atoms with E-state index in [0.717, 1.165) is 34.0 Å². The van der Waals surface area contributed by atoms with E-state index in [-0.39, 0.29) is 5.54 Å². The lowest BCUT2D eigenvalue weighted by atomic mass is 10.2. The van der Waals surface area contributed by atoms with Crippen LogP contribution in [0.4, 0.5) is 0 Å². The Bertz CT molecular complexity index is 499. The molecule has 0 saturated heterocycles. The van der Waals surface area contributed by atoms with Crippen molar-refractivity contribution < 1.29 is 4.42 Å². The van der Waals surface area contributed by atoms with Gasteiger partial charge in [0.25, 0.3) is 0 Å². The second-order valence-corrected chi connectivity index (χ2v) is 4.78. The molecule has 1 heterocycles. The van der Waals surface area contributed by atoms with Crippen LogP contribution in [0.25, 0.3) is 11.0 Å². The minimum atomic E-state index is -0.182. The summed E-state index contributed by atoms with van der Waals surface area (Å²) < 4.78 is 6.75. The zero-order chi connectivity index (χ0) is 9.76. The normalized spacial score (nSPS) is 18.7. The molecule has 2 nitrogen and oxygen atoms in total. The predicted octanol–water partition coefficient (Wildman–Crippen LogP) is 3.14. The molecule has 2 aromatic rings. The fourth-order valence-electron chi connectivity index (χ4n) is 1.65. The van der Waals surface area contributed by atoms with Gasteiger partial charge in [-0.1, -0.05) is 12.1 Å². The quantitative estimate of drug-likeness (QED) is 0.846. The van der Waals surface area contributed by atoms with Crippen molar-refractivity contribution in [3.8, 4) is 0 Å². The van der Waals surface area contributed by atoms with E-state index >= 15 is 0 Å². The number of hydrogen-bond donors (Lipinski definition) is 1. The maximum absolute atomic E-state index is 6.07. The second kappa shape index (κ2) is 2.61. The fourth-order valence-corrected chi connectivity index (χ4v) is 2.12. The standard InChI is InChI=1S/C11H10BrNO/c12-8-3-1-2-7-6-9(14-10(7)8)11(13)4-5-11/h1-3,6H,4-5,13H2. The number of nitrogens with two attached hydrogens (primary N) is 1. The van der Waals surface area contributed by atoms with Crippen LogP contribution < -0.4 is 5.73 Å². The van der Waals surface area contributed by atoms with Crippen LogP contribution in [-0.2, 0) is 5.54 Å². The highest BCUT2D eigenvalue weighted by Crippen LogP contribution is 2.45. The van der Waals surface area contributed by atoms with Gasteiger partial charge in [0.15, 0.2) is 0 Å². The first-order valence-corrected chi connectivity index (χ1v) is 5.46. The molecule has 1 aromatic heterocycles. The van der Waals surface area contributed by atoms with Crippen LogP contribution in [0, 0.1) is 0 Å².